The Morgan fingerprint density at radius 3 is 2.95 bits per heavy atom. The van der Waals surface area contributed by atoms with Crippen molar-refractivity contribution in [2.24, 2.45) is 0 Å². The van der Waals surface area contributed by atoms with Gasteiger partial charge in [0, 0.05) is 18.4 Å². The van der Waals surface area contributed by atoms with Crippen molar-refractivity contribution in [3.63, 3.8) is 0 Å². The summed E-state index contributed by atoms with van der Waals surface area (Å²) in [7, 11) is 0. The Bertz CT molecular complexity index is 869. The third-order valence-electron chi connectivity index (χ3n) is 4.17. The molecule has 6 nitrogen and oxygen atoms in total. The van der Waals surface area contributed by atoms with Crippen LogP contribution in [0.4, 0.5) is 5.82 Å². The molecule has 0 bridgehead atoms. The predicted molar refractivity (Wildman–Crippen MR) is 85.1 cm³/mol. The van der Waals surface area contributed by atoms with Crippen LogP contribution < -0.4 is 5.73 Å². The summed E-state index contributed by atoms with van der Waals surface area (Å²) in [5.74, 6) is 1.37. The number of carbonyl (C=O) groups excluding carboxylic acids is 1. The van der Waals surface area contributed by atoms with Crippen molar-refractivity contribution in [1.82, 2.24) is 19.9 Å². The monoisotopic (exact) mass is 295 g/mol. The van der Waals surface area contributed by atoms with E-state index in [1.54, 1.807) is 0 Å². The van der Waals surface area contributed by atoms with Gasteiger partial charge >= 0.3 is 0 Å². The van der Waals surface area contributed by atoms with Gasteiger partial charge in [0.15, 0.2) is 5.82 Å². The fourth-order valence-corrected chi connectivity index (χ4v) is 3.05. The molecule has 1 aromatic carbocycles. The molecule has 0 spiro atoms. The van der Waals surface area contributed by atoms with Crippen LogP contribution in [0.1, 0.15) is 25.1 Å². The van der Waals surface area contributed by atoms with Gasteiger partial charge in [0.05, 0.1) is 17.6 Å². The zero-order valence-electron chi connectivity index (χ0n) is 12.2. The molecule has 0 atom stereocenters. The van der Waals surface area contributed by atoms with Gasteiger partial charge in [-0.3, -0.25) is 4.79 Å². The molecule has 2 aromatic heterocycles. The van der Waals surface area contributed by atoms with E-state index >= 15 is 0 Å². The van der Waals surface area contributed by atoms with Crippen LogP contribution in [0.3, 0.4) is 0 Å². The average Bonchev–Trinajstić information content (AvgIpc) is 2.94. The van der Waals surface area contributed by atoms with Crippen LogP contribution in [0.2, 0.25) is 0 Å². The number of hydrogen-bond acceptors (Lipinski definition) is 4. The number of fused-ring (bicyclic) bond motifs is 3. The number of rotatable bonds is 2. The molecule has 0 aliphatic carbocycles. The Balaban J connectivity index is 1.78. The molecule has 3 heterocycles. The predicted octanol–water partition coefficient (Wildman–Crippen LogP) is 2.21. The summed E-state index contributed by atoms with van der Waals surface area (Å²) in [4.78, 5) is 26.1. The third-order valence-corrected chi connectivity index (χ3v) is 4.17. The highest BCUT2D eigenvalue weighted by atomic mass is 16.2. The van der Waals surface area contributed by atoms with Gasteiger partial charge in [0.25, 0.3) is 0 Å². The molecule has 1 fully saturated rings. The Morgan fingerprint density at radius 1 is 1.23 bits per heavy atom. The van der Waals surface area contributed by atoms with E-state index in [2.05, 4.69) is 15.0 Å². The van der Waals surface area contributed by atoms with Crippen molar-refractivity contribution in [2.75, 3.05) is 12.3 Å². The van der Waals surface area contributed by atoms with Crippen molar-refractivity contribution in [3.8, 4) is 0 Å². The molecule has 6 heteroatoms. The topological polar surface area (TPSA) is 87.9 Å². The van der Waals surface area contributed by atoms with Gasteiger partial charge in [0.1, 0.15) is 11.3 Å². The van der Waals surface area contributed by atoms with Gasteiger partial charge in [0.2, 0.25) is 5.91 Å². The molecule has 3 aromatic rings. The number of nitrogen functional groups attached to an aromatic ring is 1. The lowest BCUT2D eigenvalue weighted by Crippen LogP contribution is -2.34. The number of anilines is 1. The molecule has 4 rings (SSSR count). The maximum absolute atomic E-state index is 11.9. The molecule has 22 heavy (non-hydrogen) atoms. The molecular formula is C16H17N5O. The van der Waals surface area contributed by atoms with Crippen LogP contribution in [0.25, 0.3) is 21.9 Å². The van der Waals surface area contributed by atoms with Crippen molar-refractivity contribution in [1.29, 1.82) is 0 Å². The molecule has 1 aliphatic rings. The summed E-state index contributed by atoms with van der Waals surface area (Å²) in [5.41, 5.74) is 8.44. The Labute approximate surface area is 127 Å². The Morgan fingerprint density at radius 2 is 2.09 bits per heavy atom. The summed E-state index contributed by atoms with van der Waals surface area (Å²) in [6, 6.07) is 7.83. The molecule has 0 unspecified atom stereocenters. The number of nitrogens with one attached hydrogen (secondary N) is 1. The lowest BCUT2D eigenvalue weighted by Gasteiger charge is -2.25. The first-order chi connectivity index (χ1) is 10.7. The smallest absolute Gasteiger partial charge is 0.222 e. The van der Waals surface area contributed by atoms with Gasteiger partial charge in [-0.1, -0.05) is 18.2 Å². The Kier molecular flexibility index (Phi) is 2.96. The van der Waals surface area contributed by atoms with Crippen molar-refractivity contribution >= 4 is 33.7 Å². The first-order valence-electron chi connectivity index (χ1n) is 7.53. The number of H-pyrrole nitrogens is 1. The zero-order valence-corrected chi connectivity index (χ0v) is 12.2. The summed E-state index contributed by atoms with van der Waals surface area (Å²) < 4.78 is 0. The largest absolute Gasteiger partial charge is 0.382 e. The van der Waals surface area contributed by atoms with Crippen molar-refractivity contribution in [2.45, 2.75) is 25.8 Å². The van der Waals surface area contributed by atoms with E-state index < -0.39 is 0 Å². The van der Waals surface area contributed by atoms with Crippen molar-refractivity contribution in [3.05, 3.63) is 30.1 Å². The van der Waals surface area contributed by atoms with Crippen LogP contribution >= 0.6 is 0 Å². The fourth-order valence-electron chi connectivity index (χ4n) is 3.05. The van der Waals surface area contributed by atoms with Gasteiger partial charge in [-0.25, -0.2) is 9.97 Å². The van der Waals surface area contributed by atoms with E-state index in [0.717, 1.165) is 41.6 Å². The van der Waals surface area contributed by atoms with E-state index in [0.29, 0.717) is 24.3 Å². The molecule has 3 N–H and O–H groups in total. The lowest BCUT2D eigenvalue weighted by atomic mass is 10.1. The quantitative estimate of drug-likeness (QED) is 0.758. The van der Waals surface area contributed by atoms with Crippen LogP contribution in [0.15, 0.2) is 24.3 Å². The number of hydrogen-bond donors (Lipinski definition) is 2. The average molecular weight is 295 g/mol. The summed E-state index contributed by atoms with van der Waals surface area (Å²) in [6.07, 6.45) is 2.67. The molecule has 112 valence electrons. The summed E-state index contributed by atoms with van der Waals surface area (Å²) in [5, 5.41) is 0.996. The number of nitrogens with zero attached hydrogens (tertiary/aromatic N) is 3. The zero-order chi connectivity index (χ0) is 15.1. The number of likely N-dealkylation sites (tertiary alicyclic amines) is 1. The van der Waals surface area contributed by atoms with E-state index in [-0.39, 0.29) is 5.91 Å². The normalized spacial score (nSPS) is 15.8. The standard InChI is InChI=1S/C16H17N5O/c17-16-15-14(10-5-1-2-6-11(10)18-16)19-12(20-15)9-21-8-4-3-7-13(21)22/h1-2,5-6H,3-4,7-9H2,(H2,17,18)(H,19,20). The SMILES string of the molecule is Nc1nc2ccccc2c2[nH]c(CN3CCCCC3=O)nc12. The molecular weight excluding hydrogens is 278 g/mol. The minimum Gasteiger partial charge on any atom is -0.382 e. The molecule has 1 saturated heterocycles. The number of nitrogens with two attached hydrogens (primary N) is 1. The number of pyridine rings is 1. The van der Waals surface area contributed by atoms with Crippen molar-refractivity contribution < 1.29 is 4.79 Å². The first-order valence-corrected chi connectivity index (χ1v) is 7.53. The maximum Gasteiger partial charge on any atom is 0.222 e. The maximum atomic E-state index is 11.9. The highest BCUT2D eigenvalue weighted by Gasteiger charge is 2.20. The van der Waals surface area contributed by atoms with E-state index in [1.165, 1.54) is 0 Å². The number of para-hydroxylation sites is 1. The number of carbonyl (C=O) groups is 1. The van der Waals surface area contributed by atoms with Crippen LogP contribution in [0, 0.1) is 0 Å². The number of piperidine rings is 1. The molecule has 0 saturated carbocycles. The van der Waals surface area contributed by atoms with Crippen LogP contribution in [0.5, 0.6) is 0 Å². The van der Waals surface area contributed by atoms with Crippen LogP contribution in [-0.4, -0.2) is 32.3 Å². The van der Waals surface area contributed by atoms with E-state index in [1.807, 2.05) is 29.2 Å². The minimum atomic E-state index is 0.197. The van der Waals surface area contributed by atoms with E-state index in [9.17, 15) is 4.79 Å². The first kappa shape index (κ1) is 13.1. The number of aromatic amines is 1. The van der Waals surface area contributed by atoms with Gasteiger partial charge < -0.3 is 15.6 Å². The molecule has 0 radical (unpaired) electrons. The van der Waals surface area contributed by atoms with Gasteiger partial charge in [-0.2, -0.15) is 0 Å². The Hall–Kier alpha value is -2.63. The van der Waals surface area contributed by atoms with E-state index in [4.69, 9.17) is 5.73 Å². The molecule has 1 amide bonds. The second-order valence-electron chi connectivity index (χ2n) is 5.69. The minimum absolute atomic E-state index is 0.197. The number of imidazole rings is 1. The van der Waals surface area contributed by atoms with Crippen LogP contribution in [-0.2, 0) is 11.3 Å². The third kappa shape index (κ3) is 2.07. The van der Waals surface area contributed by atoms with Gasteiger partial charge in [-0.15, -0.1) is 0 Å². The second kappa shape index (κ2) is 4.98. The molecule has 1 aliphatic heterocycles. The highest BCUT2D eigenvalue weighted by Crippen LogP contribution is 2.26. The number of amides is 1. The fraction of sp³-hybridized carbons (Fsp3) is 0.312. The summed E-state index contributed by atoms with van der Waals surface area (Å²) >= 11 is 0. The van der Waals surface area contributed by atoms with Gasteiger partial charge in [-0.05, 0) is 18.9 Å². The second-order valence-corrected chi connectivity index (χ2v) is 5.69. The number of benzene rings is 1. The lowest BCUT2D eigenvalue weighted by molar-refractivity contribution is -0.133. The highest BCUT2D eigenvalue weighted by molar-refractivity contribution is 6.06. The summed E-state index contributed by atoms with van der Waals surface area (Å²) in [6.45, 7) is 1.30. The number of aromatic nitrogens is 3.